The molecule has 1 saturated heterocycles. The Kier molecular flexibility index (Phi) is 4.15. The van der Waals surface area contributed by atoms with Gasteiger partial charge in [-0.05, 0) is 37.5 Å². The van der Waals surface area contributed by atoms with E-state index < -0.39 is 0 Å². The van der Waals surface area contributed by atoms with Crippen molar-refractivity contribution in [2.75, 3.05) is 13.2 Å². The molecule has 16 heavy (non-hydrogen) atoms. The Morgan fingerprint density at radius 3 is 2.69 bits per heavy atom. The van der Waals surface area contributed by atoms with Crippen molar-refractivity contribution in [3.8, 4) is 0 Å². The maximum atomic E-state index is 6.41. The van der Waals surface area contributed by atoms with Crippen molar-refractivity contribution in [1.82, 2.24) is 5.32 Å². The molecule has 1 N–H and O–H groups in total. The van der Waals surface area contributed by atoms with Crippen LogP contribution in [0.5, 0.6) is 0 Å². The molecule has 0 amide bonds. The minimum Gasteiger partial charge on any atom is -0.381 e. The van der Waals surface area contributed by atoms with Gasteiger partial charge in [-0.15, -0.1) is 11.6 Å². The van der Waals surface area contributed by atoms with Gasteiger partial charge in [-0.3, -0.25) is 5.32 Å². The zero-order chi connectivity index (χ0) is 11.7. The number of piperidine rings is 1. The second kappa shape index (κ2) is 5.24. The molecule has 2 fully saturated rings. The Labute approximate surface area is 104 Å². The molecule has 0 spiro atoms. The zero-order valence-electron chi connectivity index (χ0n) is 10.6. The van der Waals surface area contributed by atoms with Crippen LogP contribution in [0.15, 0.2) is 0 Å². The fourth-order valence-electron chi connectivity index (χ4n) is 3.56. The minimum absolute atomic E-state index is 0.0977. The molecule has 1 aliphatic carbocycles. The van der Waals surface area contributed by atoms with Gasteiger partial charge in [0.15, 0.2) is 0 Å². The Bertz CT molecular complexity index is 236. The molecule has 1 saturated carbocycles. The topological polar surface area (TPSA) is 21.3 Å². The van der Waals surface area contributed by atoms with E-state index in [1.807, 2.05) is 6.92 Å². The lowest BCUT2D eigenvalue weighted by Crippen LogP contribution is -2.51. The normalized spacial score (nSPS) is 48.0. The highest BCUT2D eigenvalue weighted by atomic mass is 35.5. The lowest BCUT2D eigenvalue weighted by Gasteiger charge is -2.39. The van der Waals surface area contributed by atoms with Crippen molar-refractivity contribution in [1.29, 1.82) is 0 Å². The fraction of sp³-hybridized carbons (Fsp3) is 1.00. The first-order chi connectivity index (χ1) is 7.63. The third kappa shape index (κ3) is 2.39. The highest BCUT2D eigenvalue weighted by Crippen LogP contribution is 2.44. The van der Waals surface area contributed by atoms with Crippen LogP contribution in [0.3, 0.4) is 0 Å². The summed E-state index contributed by atoms with van der Waals surface area (Å²) in [4.78, 5) is 0. The molecule has 94 valence electrons. The summed E-state index contributed by atoms with van der Waals surface area (Å²) in [5.41, 5.74) is 0.0977. The van der Waals surface area contributed by atoms with Crippen molar-refractivity contribution in [3.63, 3.8) is 0 Å². The Hall–Kier alpha value is 0.210. The van der Waals surface area contributed by atoms with E-state index in [0.29, 0.717) is 12.0 Å². The smallest absolute Gasteiger partial charge is 0.0878 e. The third-order valence-corrected chi connectivity index (χ3v) is 4.91. The molecule has 0 aromatic rings. The lowest BCUT2D eigenvalue weighted by atomic mass is 9.81. The summed E-state index contributed by atoms with van der Waals surface area (Å²) in [6.07, 6.45) is 2.57. The average molecular weight is 246 g/mol. The van der Waals surface area contributed by atoms with E-state index in [0.717, 1.165) is 31.0 Å². The van der Waals surface area contributed by atoms with Crippen molar-refractivity contribution < 1.29 is 4.74 Å². The molecular formula is C13H24ClNO. The van der Waals surface area contributed by atoms with Crippen LogP contribution in [0.2, 0.25) is 0 Å². The van der Waals surface area contributed by atoms with Crippen LogP contribution < -0.4 is 5.32 Å². The van der Waals surface area contributed by atoms with Gasteiger partial charge in [-0.25, -0.2) is 0 Å². The number of ether oxygens (including phenoxy) is 1. The fourth-order valence-corrected chi connectivity index (χ4v) is 3.88. The van der Waals surface area contributed by atoms with Crippen molar-refractivity contribution in [2.24, 2.45) is 23.7 Å². The Morgan fingerprint density at radius 1 is 1.25 bits per heavy atom. The summed E-state index contributed by atoms with van der Waals surface area (Å²) in [6.45, 7) is 8.38. The summed E-state index contributed by atoms with van der Waals surface area (Å²) in [6, 6.07) is 0.635. The maximum absolute atomic E-state index is 6.41. The molecule has 2 rings (SSSR count). The van der Waals surface area contributed by atoms with Gasteiger partial charge in [0.2, 0.25) is 0 Å². The Morgan fingerprint density at radius 2 is 2.00 bits per heavy atom. The molecule has 1 aliphatic heterocycles. The van der Waals surface area contributed by atoms with Crippen molar-refractivity contribution in [3.05, 3.63) is 0 Å². The van der Waals surface area contributed by atoms with Crippen LogP contribution in [-0.4, -0.2) is 24.8 Å². The summed E-state index contributed by atoms with van der Waals surface area (Å²) in [5, 5.41) is 3.60. The molecule has 0 aromatic carbocycles. The van der Waals surface area contributed by atoms with Crippen molar-refractivity contribution in [2.45, 2.75) is 45.2 Å². The summed E-state index contributed by atoms with van der Waals surface area (Å²) in [5.74, 6) is 2.89. The van der Waals surface area contributed by atoms with E-state index in [1.54, 1.807) is 0 Å². The second-order valence-corrected chi connectivity index (χ2v) is 6.07. The van der Waals surface area contributed by atoms with Gasteiger partial charge in [0.05, 0.1) is 12.1 Å². The first kappa shape index (κ1) is 12.7. The molecule has 3 heteroatoms. The maximum Gasteiger partial charge on any atom is 0.0878 e. The number of nitrogens with one attached hydrogen (secondary N) is 1. The van der Waals surface area contributed by atoms with E-state index in [9.17, 15) is 0 Å². The van der Waals surface area contributed by atoms with Crippen LogP contribution >= 0.6 is 11.6 Å². The van der Waals surface area contributed by atoms with Gasteiger partial charge in [0.25, 0.3) is 0 Å². The van der Waals surface area contributed by atoms with Gasteiger partial charge >= 0.3 is 0 Å². The summed E-state index contributed by atoms with van der Waals surface area (Å²) < 4.78 is 5.53. The van der Waals surface area contributed by atoms with E-state index in [2.05, 4.69) is 19.2 Å². The van der Waals surface area contributed by atoms with Crippen LogP contribution in [0.4, 0.5) is 0 Å². The Balaban J connectivity index is 1.96. The van der Waals surface area contributed by atoms with Crippen LogP contribution in [-0.2, 0) is 4.74 Å². The molecule has 2 nitrogen and oxygen atoms in total. The predicted octanol–water partition coefficient (Wildman–Crippen LogP) is 2.86. The molecule has 0 bridgehead atoms. The monoisotopic (exact) mass is 245 g/mol. The number of hydrogen-bond acceptors (Lipinski definition) is 2. The first-order valence-corrected chi connectivity index (χ1v) is 7.05. The highest BCUT2D eigenvalue weighted by Gasteiger charge is 2.45. The van der Waals surface area contributed by atoms with E-state index >= 15 is 0 Å². The third-order valence-electron chi connectivity index (χ3n) is 4.43. The quantitative estimate of drug-likeness (QED) is 0.610. The lowest BCUT2D eigenvalue weighted by molar-refractivity contribution is 0.0664. The second-order valence-electron chi connectivity index (χ2n) is 5.60. The number of fused-ring (bicyclic) bond motifs is 1. The molecule has 0 aromatic heterocycles. The number of rotatable bonds is 3. The molecule has 6 atom stereocenters. The van der Waals surface area contributed by atoms with Gasteiger partial charge in [0.1, 0.15) is 0 Å². The standard InChI is InChI=1S/C13H24ClNO/c1-4-16-7-10-6-11-8(2)5-9(3)12(11)15-13(10)14/h8-13,15H,4-7H2,1-3H3/t8-,9+,10?,11?,12?,13+/m0/s1. The van der Waals surface area contributed by atoms with Crippen molar-refractivity contribution >= 4 is 11.6 Å². The summed E-state index contributed by atoms with van der Waals surface area (Å²) >= 11 is 6.41. The SMILES string of the molecule is CCOCC1CC2C(N[C@H]1Cl)[C@H](C)C[C@@H]2C. The van der Waals surface area contributed by atoms with E-state index in [4.69, 9.17) is 16.3 Å². The predicted molar refractivity (Wildman–Crippen MR) is 67.6 cm³/mol. The highest BCUT2D eigenvalue weighted by molar-refractivity contribution is 6.20. The average Bonchev–Trinajstić information content (AvgIpc) is 2.51. The van der Waals surface area contributed by atoms with Crippen LogP contribution in [0.1, 0.15) is 33.6 Å². The number of halogens is 1. The van der Waals surface area contributed by atoms with Crippen LogP contribution in [0.25, 0.3) is 0 Å². The first-order valence-electron chi connectivity index (χ1n) is 6.61. The summed E-state index contributed by atoms with van der Waals surface area (Å²) in [7, 11) is 0. The van der Waals surface area contributed by atoms with Gasteiger partial charge in [-0.1, -0.05) is 13.8 Å². The molecular weight excluding hydrogens is 222 g/mol. The van der Waals surface area contributed by atoms with Gasteiger partial charge in [-0.2, -0.15) is 0 Å². The minimum atomic E-state index is 0.0977. The molecule has 3 unspecified atom stereocenters. The van der Waals surface area contributed by atoms with Gasteiger partial charge < -0.3 is 4.74 Å². The van der Waals surface area contributed by atoms with E-state index in [-0.39, 0.29) is 5.50 Å². The van der Waals surface area contributed by atoms with E-state index in [1.165, 1.54) is 12.8 Å². The number of hydrogen-bond donors (Lipinski definition) is 1. The molecule has 2 aliphatic rings. The van der Waals surface area contributed by atoms with Gasteiger partial charge in [0, 0.05) is 18.6 Å². The largest absolute Gasteiger partial charge is 0.381 e. The molecule has 1 heterocycles. The zero-order valence-corrected chi connectivity index (χ0v) is 11.3. The molecule has 0 radical (unpaired) electrons. The van der Waals surface area contributed by atoms with Crippen LogP contribution in [0, 0.1) is 23.7 Å². The number of alkyl halides is 1.